The third kappa shape index (κ3) is 4.65. The van der Waals surface area contributed by atoms with Crippen LogP contribution in [0.5, 0.6) is 0 Å². The van der Waals surface area contributed by atoms with Crippen molar-refractivity contribution in [3.05, 3.63) is 72.3 Å². The van der Waals surface area contributed by atoms with E-state index in [-0.39, 0.29) is 4.90 Å². The number of sulfonamides is 1. The van der Waals surface area contributed by atoms with E-state index in [1.54, 1.807) is 36.4 Å². The minimum absolute atomic E-state index is 0.164. The first kappa shape index (κ1) is 18.9. The molecule has 0 heterocycles. The van der Waals surface area contributed by atoms with Crippen LogP contribution in [0.15, 0.2) is 71.6 Å². The number of anilines is 1. The van der Waals surface area contributed by atoms with Gasteiger partial charge in [-0.3, -0.25) is 4.72 Å². The van der Waals surface area contributed by atoms with Gasteiger partial charge in [-0.2, -0.15) is 0 Å². The molecule has 3 aromatic rings. The molecule has 27 heavy (non-hydrogen) atoms. The monoisotopic (exact) mass is 383 g/mol. The Morgan fingerprint density at radius 2 is 1.74 bits per heavy atom. The maximum Gasteiger partial charge on any atom is 0.338 e. The Hall–Kier alpha value is -2.86. The van der Waals surface area contributed by atoms with Crippen molar-refractivity contribution in [2.24, 2.45) is 0 Å². The maximum absolute atomic E-state index is 12.7. The van der Waals surface area contributed by atoms with Gasteiger partial charge in [0.1, 0.15) is 0 Å². The Kier molecular flexibility index (Phi) is 5.76. The zero-order valence-corrected chi connectivity index (χ0v) is 15.8. The highest BCUT2D eigenvalue weighted by atomic mass is 32.2. The number of nitrogens with one attached hydrogen (secondary N) is 1. The van der Waals surface area contributed by atoms with Crippen LogP contribution >= 0.6 is 0 Å². The second kappa shape index (κ2) is 8.22. The minimum Gasteiger partial charge on any atom is -0.462 e. The number of carbonyl (C=O) groups is 1. The van der Waals surface area contributed by atoms with E-state index in [0.29, 0.717) is 17.9 Å². The summed E-state index contributed by atoms with van der Waals surface area (Å²) in [5.74, 6) is -0.463. The summed E-state index contributed by atoms with van der Waals surface area (Å²) in [5.41, 5.74) is 0.623. The molecule has 0 bridgehead atoms. The Morgan fingerprint density at radius 1 is 0.963 bits per heavy atom. The second-order valence-corrected chi connectivity index (χ2v) is 7.87. The molecule has 0 unspecified atom stereocenters. The smallest absolute Gasteiger partial charge is 0.338 e. The molecule has 0 saturated carbocycles. The molecule has 0 aliphatic rings. The second-order valence-electron chi connectivity index (χ2n) is 6.18. The predicted octanol–water partition coefficient (Wildman–Crippen LogP) is 4.60. The summed E-state index contributed by atoms with van der Waals surface area (Å²) in [6.07, 6.45) is 1.72. The van der Waals surface area contributed by atoms with Crippen LogP contribution in [-0.4, -0.2) is 21.0 Å². The largest absolute Gasteiger partial charge is 0.462 e. The van der Waals surface area contributed by atoms with E-state index in [9.17, 15) is 13.2 Å². The van der Waals surface area contributed by atoms with Crippen molar-refractivity contribution in [1.29, 1.82) is 0 Å². The van der Waals surface area contributed by atoms with E-state index in [2.05, 4.69) is 4.72 Å². The van der Waals surface area contributed by atoms with Gasteiger partial charge in [0.15, 0.2) is 0 Å². The van der Waals surface area contributed by atoms with E-state index in [0.717, 1.165) is 23.6 Å². The molecule has 0 radical (unpaired) electrons. The van der Waals surface area contributed by atoms with Crippen molar-refractivity contribution in [2.45, 2.75) is 24.7 Å². The van der Waals surface area contributed by atoms with Gasteiger partial charge in [-0.1, -0.05) is 49.7 Å². The van der Waals surface area contributed by atoms with E-state index in [1.807, 2.05) is 31.2 Å². The minimum atomic E-state index is -3.77. The molecule has 0 saturated heterocycles. The van der Waals surface area contributed by atoms with Crippen molar-refractivity contribution >= 4 is 32.5 Å². The average molecular weight is 383 g/mol. The number of benzene rings is 3. The third-order valence-corrected chi connectivity index (χ3v) is 5.49. The zero-order valence-electron chi connectivity index (χ0n) is 15.0. The number of ether oxygens (including phenoxy) is 1. The van der Waals surface area contributed by atoms with Crippen LogP contribution in [0, 0.1) is 0 Å². The van der Waals surface area contributed by atoms with Gasteiger partial charge in [0.2, 0.25) is 0 Å². The molecule has 5 nitrogen and oxygen atoms in total. The Balaban J connectivity index is 1.80. The fraction of sp³-hybridized carbons (Fsp3) is 0.190. The highest BCUT2D eigenvalue weighted by molar-refractivity contribution is 7.92. The fourth-order valence-corrected chi connectivity index (χ4v) is 3.74. The molecule has 0 spiro atoms. The van der Waals surface area contributed by atoms with Crippen LogP contribution in [0.4, 0.5) is 5.69 Å². The summed E-state index contributed by atoms with van der Waals surface area (Å²) in [5, 5.41) is 1.81. The van der Waals surface area contributed by atoms with E-state index < -0.39 is 16.0 Å². The van der Waals surface area contributed by atoms with Crippen LogP contribution in [0.1, 0.15) is 30.1 Å². The topological polar surface area (TPSA) is 72.5 Å². The van der Waals surface area contributed by atoms with Crippen molar-refractivity contribution in [1.82, 2.24) is 0 Å². The van der Waals surface area contributed by atoms with Gasteiger partial charge >= 0.3 is 5.97 Å². The molecule has 1 N–H and O–H groups in total. The number of hydrogen-bond donors (Lipinski definition) is 1. The number of carbonyl (C=O) groups excluding carboxylic acids is 1. The Labute approximate surface area is 159 Å². The molecule has 3 rings (SSSR count). The highest BCUT2D eigenvalue weighted by Crippen LogP contribution is 2.22. The number of fused-ring (bicyclic) bond motifs is 1. The summed E-state index contributed by atoms with van der Waals surface area (Å²) >= 11 is 0. The molecule has 0 amide bonds. The van der Waals surface area contributed by atoms with Gasteiger partial charge in [-0.15, -0.1) is 0 Å². The molecular formula is C21H21NO4S. The molecule has 3 aromatic carbocycles. The van der Waals surface area contributed by atoms with Crippen molar-refractivity contribution < 1.29 is 17.9 Å². The number of unbranched alkanes of at least 4 members (excludes halogenated alkanes) is 1. The first-order chi connectivity index (χ1) is 13.0. The molecule has 0 aromatic heterocycles. The lowest BCUT2D eigenvalue weighted by Crippen LogP contribution is -2.14. The molecule has 6 heteroatoms. The predicted molar refractivity (Wildman–Crippen MR) is 106 cm³/mol. The quantitative estimate of drug-likeness (QED) is 0.478. The molecule has 0 atom stereocenters. The SMILES string of the molecule is CCCCOC(=O)c1cccc(NS(=O)(=O)c2ccc3ccccc3c2)c1. The Bertz CT molecular complexity index is 1060. The van der Waals surface area contributed by atoms with Gasteiger partial charge in [0.25, 0.3) is 10.0 Å². The Morgan fingerprint density at radius 3 is 2.52 bits per heavy atom. The molecule has 0 aliphatic carbocycles. The lowest BCUT2D eigenvalue weighted by atomic mass is 10.1. The molecule has 0 fully saturated rings. The van der Waals surface area contributed by atoms with Crippen LogP contribution in [0.2, 0.25) is 0 Å². The number of hydrogen-bond acceptors (Lipinski definition) is 4. The van der Waals surface area contributed by atoms with Gasteiger partial charge in [-0.05, 0) is 47.5 Å². The summed E-state index contributed by atoms with van der Waals surface area (Å²) < 4.78 is 33.1. The number of esters is 1. The van der Waals surface area contributed by atoms with Gasteiger partial charge in [-0.25, -0.2) is 13.2 Å². The van der Waals surface area contributed by atoms with E-state index >= 15 is 0 Å². The van der Waals surface area contributed by atoms with Crippen LogP contribution in [-0.2, 0) is 14.8 Å². The van der Waals surface area contributed by atoms with E-state index in [4.69, 9.17) is 4.74 Å². The third-order valence-electron chi connectivity index (χ3n) is 4.11. The normalized spacial score (nSPS) is 11.3. The molecular weight excluding hydrogens is 362 g/mol. The zero-order chi connectivity index (χ0) is 19.3. The van der Waals surface area contributed by atoms with Gasteiger partial charge in [0, 0.05) is 5.69 Å². The van der Waals surface area contributed by atoms with Crippen molar-refractivity contribution in [3.63, 3.8) is 0 Å². The highest BCUT2D eigenvalue weighted by Gasteiger charge is 2.16. The summed E-state index contributed by atoms with van der Waals surface area (Å²) in [4.78, 5) is 12.2. The van der Waals surface area contributed by atoms with E-state index in [1.165, 1.54) is 6.07 Å². The average Bonchev–Trinajstić information content (AvgIpc) is 2.67. The van der Waals surface area contributed by atoms with Crippen LogP contribution in [0.25, 0.3) is 10.8 Å². The lowest BCUT2D eigenvalue weighted by Gasteiger charge is -2.10. The molecule has 140 valence electrons. The van der Waals surface area contributed by atoms with Gasteiger partial charge < -0.3 is 4.74 Å². The lowest BCUT2D eigenvalue weighted by molar-refractivity contribution is 0.0500. The summed E-state index contributed by atoms with van der Waals surface area (Å²) in [6.45, 7) is 2.36. The van der Waals surface area contributed by atoms with Crippen LogP contribution < -0.4 is 4.72 Å². The maximum atomic E-state index is 12.7. The van der Waals surface area contributed by atoms with Crippen molar-refractivity contribution in [2.75, 3.05) is 11.3 Å². The van der Waals surface area contributed by atoms with Crippen molar-refractivity contribution in [3.8, 4) is 0 Å². The summed E-state index contributed by atoms with van der Waals surface area (Å²) in [6, 6.07) is 18.8. The molecule has 0 aliphatic heterocycles. The van der Waals surface area contributed by atoms with Crippen LogP contribution in [0.3, 0.4) is 0 Å². The number of rotatable bonds is 7. The van der Waals surface area contributed by atoms with Gasteiger partial charge in [0.05, 0.1) is 17.1 Å². The first-order valence-electron chi connectivity index (χ1n) is 8.78. The fourth-order valence-electron chi connectivity index (χ4n) is 2.65. The standard InChI is InChI=1S/C21H21NO4S/c1-2-3-13-26-21(23)18-9-6-10-19(14-18)22-27(24,25)20-12-11-16-7-4-5-8-17(16)15-20/h4-12,14-15,22H,2-3,13H2,1H3. The first-order valence-corrected chi connectivity index (χ1v) is 10.3. The summed E-state index contributed by atoms with van der Waals surface area (Å²) in [7, 11) is -3.77.